The van der Waals surface area contributed by atoms with Gasteiger partial charge >= 0.3 is 0 Å². The van der Waals surface area contributed by atoms with Crippen LogP contribution in [0.25, 0.3) is 0 Å². The molecule has 0 N–H and O–H groups in total. The van der Waals surface area contributed by atoms with Crippen molar-refractivity contribution in [2.24, 2.45) is 0 Å². The van der Waals surface area contributed by atoms with Crippen molar-refractivity contribution in [1.82, 2.24) is 4.90 Å². The molecule has 0 aromatic heterocycles. The molecule has 1 aliphatic rings. The highest BCUT2D eigenvalue weighted by Gasteiger charge is 2.36. The van der Waals surface area contributed by atoms with Crippen LogP contribution in [0.1, 0.15) is 35.7 Å². The number of benzene rings is 2. The monoisotopic (exact) mass is 507 g/mol. The number of nitrogens with zero attached hydrogens (tertiary/aromatic N) is 1. The molecule has 2 aromatic carbocycles. The fraction of sp³-hybridized carbons (Fsp3) is 0.381. The van der Waals surface area contributed by atoms with E-state index >= 15 is 0 Å². The Morgan fingerprint density at radius 3 is 2.42 bits per heavy atom. The smallest absolute Gasteiger partial charge is 0.254 e. The Labute approximate surface area is 196 Å². The van der Waals surface area contributed by atoms with Gasteiger partial charge in [0.15, 0.2) is 15.6 Å². The molecule has 0 radical (unpaired) electrons. The number of ether oxygens (including phenoxy) is 1. The van der Waals surface area contributed by atoms with Crippen LogP contribution in [-0.2, 0) is 16.4 Å². The minimum absolute atomic E-state index is 0.0439. The Morgan fingerprint density at radius 1 is 1.19 bits per heavy atom. The van der Waals surface area contributed by atoms with Gasteiger partial charge in [0.1, 0.15) is 5.82 Å². The molecule has 5 nitrogen and oxygen atoms in total. The van der Waals surface area contributed by atoms with Crippen LogP contribution < -0.4 is 4.74 Å². The maximum absolute atomic E-state index is 14.4. The van der Waals surface area contributed by atoms with Crippen LogP contribution in [-0.4, -0.2) is 43.4 Å². The Bertz CT molecular complexity index is 1050. The summed E-state index contributed by atoms with van der Waals surface area (Å²) >= 11 is 18.7. The summed E-state index contributed by atoms with van der Waals surface area (Å²) in [5, 5.41) is 0.470. The quantitative estimate of drug-likeness (QED) is 0.502. The lowest BCUT2D eigenvalue weighted by atomic mass is 10.1. The normalized spacial score (nSPS) is 17.5. The molecule has 0 spiro atoms. The minimum atomic E-state index is -3.29. The van der Waals surface area contributed by atoms with E-state index in [9.17, 15) is 17.6 Å². The molecule has 1 atom stereocenters. The summed E-state index contributed by atoms with van der Waals surface area (Å²) in [6, 6.07) is 6.42. The molecule has 1 amide bonds. The fourth-order valence-electron chi connectivity index (χ4n) is 3.43. The number of rotatable bonds is 7. The van der Waals surface area contributed by atoms with Gasteiger partial charge in [-0.15, -0.1) is 0 Å². The summed E-state index contributed by atoms with van der Waals surface area (Å²) < 4.78 is 44.0. The second-order valence-corrected chi connectivity index (χ2v) is 10.8. The van der Waals surface area contributed by atoms with E-state index in [4.69, 9.17) is 39.5 Å². The molecule has 3 rings (SSSR count). The molecule has 1 aliphatic heterocycles. The van der Waals surface area contributed by atoms with E-state index in [1.165, 1.54) is 35.2 Å². The first-order chi connectivity index (χ1) is 14.6. The first-order valence-electron chi connectivity index (χ1n) is 9.69. The van der Waals surface area contributed by atoms with E-state index in [1.807, 2.05) is 6.92 Å². The summed E-state index contributed by atoms with van der Waals surface area (Å²) in [4.78, 5) is 14.7. The van der Waals surface area contributed by atoms with Crippen LogP contribution >= 0.6 is 34.8 Å². The van der Waals surface area contributed by atoms with E-state index in [2.05, 4.69) is 0 Å². The SMILES string of the molecule is CCCOc1c(Cl)cc(C(=O)N(Cc2c(F)cccc2Cl)C2CCS(=O)(=O)C2)cc1Cl. The predicted molar refractivity (Wildman–Crippen MR) is 121 cm³/mol. The number of halogens is 4. The molecule has 31 heavy (non-hydrogen) atoms. The van der Waals surface area contributed by atoms with E-state index in [0.717, 1.165) is 6.42 Å². The molecule has 1 unspecified atom stereocenters. The highest BCUT2D eigenvalue weighted by molar-refractivity contribution is 7.91. The van der Waals surface area contributed by atoms with Crippen molar-refractivity contribution in [2.75, 3.05) is 18.1 Å². The molecule has 1 fully saturated rings. The number of sulfone groups is 1. The molecule has 1 saturated heterocycles. The van der Waals surface area contributed by atoms with E-state index in [-0.39, 0.29) is 56.4 Å². The van der Waals surface area contributed by atoms with Crippen LogP contribution in [0.5, 0.6) is 5.75 Å². The van der Waals surface area contributed by atoms with E-state index in [0.29, 0.717) is 6.61 Å². The predicted octanol–water partition coefficient (Wildman–Crippen LogP) is 5.40. The van der Waals surface area contributed by atoms with E-state index in [1.54, 1.807) is 0 Å². The lowest BCUT2D eigenvalue weighted by Gasteiger charge is -2.29. The maximum atomic E-state index is 14.4. The number of amides is 1. The Kier molecular flexibility index (Phi) is 7.73. The molecule has 10 heteroatoms. The lowest BCUT2D eigenvalue weighted by molar-refractivity contribution is 0.0679. The largest absolute Gasteiger partial charge is 0.490 e. The Hall–Kier alpha value is -1.54. The van der Waals surface area contributed by atoms with Gasteiger partial charge in [0.2, 0.25) is 0 Å². The number of carbonyl (C=O) groups excluding carboxylic acids is 1. The fourth-order valence-corrected chi connectivity index (χ4v) is 5.98. The summed E-state index contributed by atoms with van der Waals surface area (Å²) in [5.74, 6) is -1.08. The van der Waals surface area contributed by atoms with Crippen molar-refractivity contribution >= 4 is 50.5 Å². The lowest BCUT2D eigenvalue weighted by Crippen LogP contribution is -2.41. The van der Waals surface area contributed by atoms with Crippen molar-refractivity contribution in [3.63, 3.8) is 0 Å². The Balaban J connectivity index is 1.98. The van der Waals surface area contributed by atoms with Crippen molar-refractivity contribution in [3.05, 3.63) is 62.3 Å². The molecule has 1 heterocycles. The maximum Gasteiger partial charge on any atom is 0.254 e. The molecular weight excluding hydrogens is 488 g/mol. The van der Waals surface area contributed by atoms with Crippen molar-refractivity contribution in [1.29, 1.82) is 0 Å². The first kappa shape index (κ1) is 24.1. The highest BCUT2D eigenvalue weighted by atomic mass is 35.5. The number of carbonyl (C=O) groups is 1. The van der Waals surface area contributed by atoms with Crippen molar-refractivity contribution in [3.8, 4) is 5.75 Å². The molecule has 2 aromatic rings. The topological polar surface area (TPSA) is 63.7 Å². The summed E-state index contributed by atoms with van der Waals surface area (Å²) in [5.41, 5.74) is 0.262. The third kappa shape index (κ3) is 5.64. The third-order valence-corrected chi connectivity index (χ3v) is 7.66. The zero-order chi connectivity index (χ0) is 22.8. The van der Waals surface area contributed by atoms with Gasteiger partial charge in [-0.25, -0.2) is 12.8 Å². The second-order valence-electron chi connectivity index (χ2n) is 7.31. The number of hydrogen-bond acceptors (Lipinski definition) is 4. The molecule has 0 bridgehead atoms. The van der Waals surface area contributed by atoms with Gasteiger partial charge in [-0.2, -0.15) is 0 Å². The summed E-state index contributed by atoms with van der Waals surface area (Å²) in [6.07, 6.45) is 1.000. The van der Waals surface area contributed by atoms with Crippen molar-refractivity contribution in [2.45, 2.75) is 32.4 Å². The molecule has 168 valence electrons. The first-order valence-corrected chi connectivity index (χ1v) is 12.6. The van der Waals surface area contributed by atoms with Crippen molar-refractivity contribution < 1.29 is 22.3 Å². The zero-order valence-corrected chi connectivity index (χ0v) is 19.8. The molecular formula is C21H21Cl3FNO4S. The van der Waals surface area contributed by atoms with Crippen LogP contribution in [0.15, 0.2) is 30.3 Å². The minimum Gasteiger partial charge on any atom is -0.490 e. The average molecular weight is 509 g/mol. The van der Waals surface area contributed by atoms with E-state index < -0.39 is 27.6 Å². The van der Waals surface area contributed by atoms with Gasteiger partial charge in [0.05, 0.1) is 34.7 Å². The number of hydrogen-bond donors (Lipinski definition) is 0. The summed E-state index contributed by atoms with van der Waals surface area (Å²) in [6.45, 7) is 2.15. The zero-order valence-electron chi connectivity index (χ0n) is 16.7. The van der Waals surface area contributed by atoms with Gasteiger partial charge in [0.25, 0.3) is 5.91 Å². The van der Waals surface area contributed by atoms with Gasteiger partial charge in [-0.05, 0) is 37.1 Å². The Morgan fingerprint density at radius 2 is 1.87 bits per heavy atom. The summed E-state index contributed by atoms with van der Waals surface area (Å²) in [7, 11) is -3.29. The van der Waals surface area contributed by atoms with Crippen LogP contribution in [0.3, 0.4) is 0 Å². The highest BCUT2D eigenvalue weighted by Crippen LogP contribution is 2.35. The second kappa shape index (κ2) is 9.94. The molecule has 0 aliphatic carbocycles. The molecule has 0 saturated carbocycles. The van der Waals surface area contributed by atoms with Gasteiger partial charge in [0, 0.05) is 22.2 Å². The average Bonchev–Trinajstić information content (AvgIpc) is 3.06. The van der Waals surface area contributed by atoms with Gasteiger partial charge in [-0.3, -0.25) is 4.79 Å². The van der Waals surface area contributed by atoms with Gasteiger partial charge in [-0.1, -0.05) is 47.8 Å². The van der Waals surface area contributed by atoms with Crippen LogP contribution in [0.4, 0.5) is 4.39 Å². The third-order valence-electron chi connectivity index (χ3n) is 5.00. The van der Waals surface area contributed by atoms with Crippen LogP contribution in [0.2, 0.25) is 15.1 Å². The van der Waals surface area contributed by atoms with Crippen LogP contribution in [0, 0.1) is 5.82 Å². The van der Waals surface area contributed by atoms with Gasteiger partial charge < -0.3 is 9.64 Å². The standard InChI is InChI=1S/C21H21Cl3FNO4S/c1-2-7-30-20-17(23)9-13(10-18(20)24)21(27)26(14-6-8-31(28,29)12-14)11-15-16(22)4-3-5-19(15)25/h3-5,9-10,14H,2,6-8,11-12H2,1H3.